The van der Waals surface area contributed by atoms with Crippen molar-refractivity contribution >= 4 is 17.5 Å². The molecule has 10 heteroatoms. The number of pyridine rings is 1. The number of urea groups is 1. The summed E-state index contributed by atoms with van der Waals surface area (Å²) in [5.41, 5.74) is 3.52. The second-order valence-electron chi connectivity index (χ2n) is 13.8. The second kappa shape index (κ2) is 11.5. The van der Waals surface area contributed by atoms with Crippen molar-refractivity contribution in [2.75, 3.05) is 18.9 Å². The summed E-state index contributed by atoms with van der Waals surface area (Å²) in [5, 5.41) is 15.2. The standard InChI is InChI=1S/C34H44N8O2/c1-21(2)30-36-27(33(3,4)5)19-28(37-30)38-32(43)35-25-14-15-26(24-12-9-8-11-23(24)25)44-22-13-16-29-39-40-31(42(29)20-22)34(6)17-10-18-41(34)7/h8-9,11-13,16,19-21,25-26H,10,14-15,17-18H2,1-7H3,(H2,35,36,37,38,43)/t25-,26+,34-/m0/s1. The number of ether oxygens (including phenoxy) is 1. The zero-order chi connectivity index (χ0) is 31.2. The average Bonchev–Trinajstić information content (AvgIpc) is 3.56. The molecule has 3 aromatic heterocycles. The predicted molar refractivity (Wildman–Crippen MR) is 171 cm³/mol. The van der Waals surface area contributed by atoms with E-state index in [0.717, 1.165) is 72.1 Å². The summed E-state index contributed by atoms with van der Waals surface area (Å²) in [6.45, 7) is 13.7. The minimum Gasteiger partial charge on any atom is -0.484 e. The van der Waals surface area contributed by atoms with E-state index < -0.39 is 0 Å². The molecule has 1 aliphatic carbocycles. The number of amides is 2. The van der Waals surface area contributed by atoms with Crippen LogP contribution in [0.4, 0.5) is 10.6 Å². The molecule has 232 valence electrons. The lowest BCUT2D eigenvalue weighted by Crippen LogP contribution is -2.37. The van der Waals surface area contributed by atoms with Gasteiger partial charge >= 0.3 is 6.03 Å². The quantitative estimate of drug-likeness (QED) is 0.256. The fraction of sp³-hybridized carbons (Fsp3) is 0.500. The molecule has 2 aliphatic rings. The van der Waals surface area contributed by atoms with Crippen molar-refractivity contribution in [2.45, 2.75) is 96.2 Å². The van der Waals surface area contributed by atoms with Crippen molar-refractivity contribution in [1.82, 2.24) is 34.8 Å². The van der Waals surface area contributed by atoms with Gasteiger partial charge in [0.05, 0.1) is 23.5 Å². The first-order chi connectivity index (χ1) is 20.9. The van der Waals surface area contributed by atoms with Crippen LogP contribution in [-0.4, -0.2) is 49.1 Å². The predicted octanol–water partition coefficient (Wildman–Crippen LogP) is 6.66. The number of carbonyl (C=O) groups excluding carboxylic acids is 1. The monoisotopic (exact) mass is 596 g/mol. The molecule has 2 amide bonds. The molecule has 0 bridgehead atoms. The Morgan fingerprint density at radius 1 is 1.07 bits per heavy atom. The van der Waals surface area contributed by atoms with Crippen molar-refractivity contribution in [1.29, 1.82) is 0 Å². The lowest BCUT2D eigenvalue weighted by molar-refractivity contribution is 0.170. The van der Waals surface area contributed by atoms with Crippen molar-refractivity contribution in [3.8, 4) is 5.75 Å². The van der Waals surface area contributed by atoms with Crippen LogP contribution in [0.5, 0.6) is 5.75 Å². The van der Waals surface area contributed by atoms with Gasteiger partial charge in [-0.15, -0.1) is 10.2 Å². The summed E-state index contributed by atoms with van der Waals surface area (Å²) in [4.78, 5) is 25.0. The van der Waals surface area contributed by atoms with Gasteiger partial charge in [0.2, 0.25) is 0 Å². The van der Waals surface area contributed by atoms with E-state index in [9.17, 15) is 4.79 Å². The molecule has 4 aromatic rings. The lowest BCUT2D eigenvalue weighted by Gasteiger charge is -2.32. The smallest absolute Gasteiger partial charge is 0.320 e. The SMILES string of the molecule is CC(C)c1nc(NC(=O)N[C@H]2CC[C@@H](Oc3ccc4nnc([C@]5(C)CCCN5C)n4c3)c3ccccc32)cc(C(C)(C)C)n1. The maximum atomic E-state index is 13.3. The minimum atomic E-state index is -0.284. The van der Waals surface area contributed by atoms with Crippen LogP contribution in [0.15, 0.2) is 48.7 Å². The first-order valence-corrected chi connectivity index (χ1v) is 15.7. The highest BCUT2D eigenvalue weighted by molar-refractivity contribution is 5.88. The summed E-state index contributed by atoms with van der Waals surface area (Å²) in [7, 11) is 2.15. The van der Waals surface area contributed by atoms with Crippen LogP contribution in [0, 0.1) is 0 Å². The molecule has 4 heterocycles. The molecule has 1 saturated heterocycles. The number of benzene rings is 1. The van der Waals surface area contributed by atoms with Gasteiger partial charge in [0.15, 0.2) is 11.5 Å². The summed E-state index contributed by atoms with van der Waals surface area (Å²) in [5.74, 6) is 3.09. The topological polar surface area (TPSA) is 110 Å². The molecule has 1 aromatic carbocycles. The number of hydrogen-bond acceptors (Lipinski definition) is 7. The molecule has 3 atom stereocenters. The Balaban J connectivity index is 1.20. The number of nitrogens with zero attached hydrogens (tertiary/aromatic N) is 6. The second-order valence-corrected chi connectivity index (χ2v) is 13.8. The highest BCUT2D eigenvalue weighted by Gasteiger charge is 2.40. The van der Waals surface area contributed by atoms with E-state index >= 15 is 0 Å². The number of aromatic nitrogens is 5. The van der Waals surface area contributed by atoms with Crippen LogP contribution in [0.3, 0.4) is 0 Å². The molecule has 0 unspecified atom stereocenters. The fourth-order valence-electron chi connectivity index (χ4n) is 6.36. The summed E-state index contributed by atoms with van der Waals surface area (Å²) < 4.78 is 8.70. The van der Waals surface area contributed by atoms with Gasteiger partial charge in [0, 0.05) is 17.4 Å². The minimum absolute atomic E-state index is 0.140. The van der Waals surface area contributed by atoms with Gasteiger partial charge in [-0.3, -0.25) is 14.6 Å². The molecular formula is C34H44N8O2. The zero-order valence-electron chi connectivity index (χ0n) is 26.9. The van der Waals surface area contributed by atoms with Gasteiger partial charge in [-0.05, 0) is 69.5 Å². The maximum Gasteiger partial charge on any atom is 0.320 e. The Morgan fingerprint density at radius 3 is 2.55 bits per heavy atom. The van der Waals surface area contributed by atoms with Crippen LogP contribution >= 0.6 is 0 Å². The lowest BCUT2D eigenvalue weighted by atomic mass is 9.85. The molecule has 6 rings (SSSR count). The van der Waals surface area contributed by atoms with Crippen molar-refractivity contribution in [3.63, 3.8) is 0 Å². The van der Waals surface area contributed by atoms with E-state index in [1.54, 1.807) is 0 Å². The van der Waals surface area contributed by atoms with E-state index in [0.29, 0.717) is 5.82 Å². The van der Waals surface area contributed by atoms with Crippen LogP contribution in [0.25, 0.3) is 5.65 Å². The Labute approximate surface area is 259 Å². The van der Waals surface area contributed by atoms with Crippen molar-refractivity contribution in [3.05, 3.63) is 77.1 Å². The Hall–Kier alpha value is -4.05. The van der Waals surface area contributed by atoms with Gasteiger partial charge in [-0.2, -0.15) is 0 Å². The highest BCUT2D eigenvalue weighted by atomic mass is 16.5. The van der Waals surface area contributed by atoms with Crippen LogP contribution in [0.2, 0.25) is 0 Å². The van der Waals surface area contributed by atoms with E-state index in [-0.39, 0.29) is 35.0 Å². The third-order valence-corrected chi connectivity index (χ3v) is 9.15. The molecule has 1 fully saturated rings. The summed E-state index contributed by atoms with van der Waals surface area (Å²) in [6.07, 6.45) is 5.56. The van der Waals surface area contributed by atoms with Crippen molar-refractivity contribution in [2.24, 2.45) is 0 Å². The Kier molecular flexibility index (Phi) is 7.82. The first kappa shape index (κ1) is 30.0. The van der Waals surface area contributed by atoms with Gasteiger partial charge in [-0.1, -0.05) is 58.9 Å². The van der Waals surface area contributed by atoms with E-state index in [1.165, 1.54) is 0 Å². The first-order valence-electron chi connectivity index (χ1n) is 15.7. The molecule has 0 radical (unpaired) electrons. The van der Waals surface area contributed by atoms with Crippen LogP contribution < -0.4 is 15.4 Å². The number of anilines is 1. The third-order valence-electron chi connectivity index (χ3n) is 9.15. The Morgan fingerprint density at radius 2 is 1.84 bits per heavy atom. The Bertz CT molecular complexity index is 1680. The molecule has 0 spiro atoms. The number of nitrogens with one attached hydrogen (secondary N) is 2. The van der Waals surface area contributed by atoms with Gasteiger partial charge in [0.1, 0.15) is 23.5 Å². The normalized spacial score (nSPS) is 22.3. The molecule has 0 saturated carbocycles. The maximum absolute atomic E-state index is 13.3. The number of fused-ring (bicyclic) bond motifs is 2. The highest BCUT2D eigenvalue weighted by Crippen LogP contribution is 2.40. The average molecular weight is 597 g/mol. The molecule has 1 aliphatic heterocycles. The molecule has 2 N–H and O–H groups in total. The number of hydrogen-bond donors (Lipinski definition) is 2. The molecule has 10 nitrogen and oxygen atoms in total. The summed E-state index contributed by atoms with van der Waals surface area (Å²) >= 11 is 0. The van der Waals surface area contributed by atoms with Gasteiger partial charge < -0.3 is 10.1 Å². The summed E-state index contributed by atoms with van der Waals surface area (Å²) in [6, 6.07) is 13.6. The number of rotatable bonds is 6. The van der Waals surface area contributed by atoms with Gasteiger partial charge in [0.25, 0.3) is 0 Å². The number of carbonyl (C=O) groups is 1. The van der Waals surface area contributed by atoms with Gasteiger partial charge in [-0.25, -0.2) is 14.8 Å². The van der Waals surface area contributed by atoms with E-state index in [4.69, 9.17) is 9.72 Å². The third kappa shape index (κ3) is 5.75. The van der Waals surface area contributed by atoms with Crippen LogP contribution in [0.1, 0.15) is 114 Å². The largest absolute Gasteiger partial charge is 0.484 e. The van der Waals surface area contributed by atoms with E-state index in [2.05, 4.69) is 95.8 Å². The fourth-order valence-corrected chi connectivity index (χ4v) is 6.36. The zero-order valence-corrected chi connectivity index (χ0v) is 26.9. The van der Waals surface area contributed by atoms with Crippen molar-refractivity contribution < 1.29 is 9.53 Å². The van der Waals surface area contributed by atoms with E-state index in [1.807, 2.05) is 36.5 Å². The van der Waals surface area contributed by atoms with Crippen LogP contribution in [-0.2, 0) is 11.0 Å². The molecule has 44 heavy (non-hydrogen) atoms. The number of likely N-dealkylation sites (tertiary alicyclic amines) is 1. The molecular weight excluding hydrogens is 552 g/mol.